The van der Waals surface area contributed by atoms with E-state index in [4.69, 9.17) is 4.74 Å². The number of carbonyl (C=O) groups is 2. The number of amides is 2. The Hall–Kier alpha value is -3.35. The molecule has 0 spiro atoms. The molecule has 7 heteroatoms. The summed E-state index contributed by atoms with van der Waals surface area (Å²) < 4.78 is 5.80. The minimum absolute atomic E-state index is 0. The molecule has 3 rings (SSSR count). The smallest absolute Gasteiger partial charge is 0.255 e. The number of ether oxygens (including phenoxy) is 1. The van der Waals surface area contributed by atoms with E-state index < -0.39 is 0 Å². The number of hydrogen-bond acceptors (Lipinski definition) is 4. The van der Waals surface area contributed by atoms with Crippen molar-refractivity contribution in [2.75, 3.05) is 31.5 Å². The highest BCUT2D eigenvalue weighted by Gasteiger charge is 2.10. The topological polar surface area (TPSA) is 70.7 Å². The Morgan fingerprint density at radius 3 is 2.12 bits per heavy atom. The number of nitrogens with one attached hydrogen (secondary N) is 2. The fourth-order valence-electron chi connectivity index (χ4n) is 3.20. The Morgan fingerprint density at radius 2 is 1.45 bits per heavy atom. The molecule has 0 unspecified atom stereocenters. The van der Waals surface area contributed by atoms with Crippen LogP contribution in [-0.4, -0.2) is 42.9 Å². The molecule has 0 aliphatic heterocycles. The number of likely N-dealkylation sites (N-methyl/N-ethyl adjacent to an activating group) is 1. The van der Waals surface area contributed by atoms with E-state index in [9.17, 15) is 9.59 Å². The first kappa shape index (κ1) is 25.9. The number of nitrogens with zero attached hydrogens (tertiary/aromatic N) is 1. The number of anilines is 1. The SMILES string of the molecule is CCN(CC)CCNC(=O)c1ccc(NC(=O)c2cccc(Oc3ccccc3)c2)cc1.Cl. The maximum atomic E-state index is 12.6. The Labute approximate surface area is 201 Å². The summed E-state index contributed by atoms with van der Waals surface area (Å²) in [5.74, 6) is 0.914. The highest BCUT2D eigenvalue weighted by molar-refractivity contribution is 6.04. The van der Waals surface area contributed by atoms with Gasteiger partial charge in [-0.25, -0.2) is 0 Å². The summed E-state index contributed by atoms with van der Waals surface area (Å²) in [4.78, 5) is 27.2. The standard InChI is InChI=1S/C26H29N3O3.ClH/c1-3-29(4-2)18-17-27-25(30)20-13-15-22(16-14-20)28-26(31)21-9-8-12-24(19-21)32-23-10-6-5-7-11-23;/h5-16,19H,3-4,17-18H2,1-2H3,(H,27,30)(H,28,31);1H. The molecule has 0 heterocycles. The fraction of sp³-hybridized carbons (Fsp3) is 0.231. The lowest BCUT2D eigenvalue weighted by molar-refractivity contribution is 0.0948. The van der Waals surface area contributed by atoms with Gasteiger partial charge in [0.2, 0.25) is 0 Å². The van der Waals surface area contributed by atoms with Gasteiger partial charge in [-0.1, -0.05) is 38.1 Å². The van der Waals surface area contributed by atoms with Crippen LogP contribution >= 0.6 is 12.4 Å². The molecule has 0 aromatic heterocycles. The normalized spacial score (nSPS) is 10.3. The minimum Gasteiger partial charge on any atom is -0.457 e. The summed E-state index contributed by atoms with van der Waals surface area (Å²) in [5.41, 5.74) is 1.65. The van der Waals surface area contributed by atoms with Crippen molar-refractivity contribution in [2.24, 2.45) is 0 Å². The van der Waals surface area contributed by atoms with E-state index in [0.717, 1.165) is 19.6 Å². The molecule has 33 heavy (non-hydrogen) atoms. The van der Waals surface area contributed by atoms with Gasteiger partial charge >= 0.3 is 0 Å². The van der Waals surface area contributed by atoms with Crippen LogP contribution in [0.4, 0.5) is 5.69 Å². The molecule has 0 aliphatic rings. The Morgan fingerprint density at radius 1 is 0.788 bits per heavy atom. The van der Waals surface area contributed by atoms with Gasteiger partial charge in [0.05, 0.1) is 0 Å². The Bertz CT molecular complexity index is 1020. The van der Waals surface area contributed by atoms with Crippen LogP contribution in [0.25, 0.3) is 0 Å². The van der Waals surface area contributed by atoms with Crippen molar-refractivity contribution in [3.05, 3.63) is 90.0 Å². The van der Waals surface area contributed by atoms with Crippen LogP contribution in [0, 0.1) is 0 Å². The molecule has 3 aromatic rings. The van der Waals surface area contributed by atoms with Crippen molar-refractivity contribution < 1.29 is 14.3 Å². The third-order valence-electron chi connectivity index (χ3n) is 5.09. The van der Waals surface area contributed by atoms with Gasteiger partial charge in [-0.2, -0.15) is 0 Å². The maximum Gasteiger partial charge on any atom is 0.255 e. The Balaban J connectivity index is 0.00000385. The molecule has 0 saturated heterocycles. The number of halogens is 1. The monoisotopic (exact) mass is 467 g/mol. The molecular formula is C26H30ClN3O3. The number of carbonyl (C=O) groups excluding carboxylic acids is 2. The minimum atomic E-state index is -0.250. The zero-order valence-electron chi connectivity index (χ0n) is 18.9. The van der Waals surface area contributed by atoms with Crippen molar-refractivity contribution in [2.45, 2.75) is 13.8 Å². The molecule has 2 amide bonds. The summed E-state index contributed by atoms with van der Waals surface area (Å²) >= 11 is 0. The van der Waals surface area contributed by atoms with Gasteiger partial charge in [-0.05, 0) is 67.7 Å². The molecule has 6 nitrogen and oxygen atoms in total. The van der Waals surface area contributed by atoms with E-state index in [0.29, 0.717) is 34.9 Å². The van der Waals surface area contributed by atoms with Gasteiger partial charge in [0.1, 0.15) is 11.5 Å². The van der Waals surface area contributed by atoms with E-state index in [1.54, 1.807) is 48.5 Å². The van der Waals surface area contributed by atoms with Crippen molar-refractivity contribution in [1.29, 1.82) is 0 Å². The van der Waals surface area contributed by atoms with E-state index in [-0.39, 0.29) is 24.2 Å². The van der Waals surface area contributed by atoms with E-state index in [1.807, 2.05) is 30.3 Å². The molecule has 0 atom stereocenters. The van der Waals surface area contributed by atoms with Crippen molar-refractivity contribution >= 4 is 29.9 Å². The van der Waals surface area contributed by atoms with Gasteiger partial charge in [-0.3, -0.25) is 9.59 Å². The second kappa shape index (κ2) is 13.3. The largest absolute Gasteiger partial charge is 0.457 e. The van der Waals surface area contributed by atoms with Crippen molar-refractivity contribution in [1.82, 2.24) is 10.2 Å². The first-order valence-electron chi connectivity index (χ1n) is 10.8. The number of hydrogen-bond donors (Lipinski definition) is 2. The second-order valence-electron chi connectivity index (χ2n) is 7.26. The predicted molar refractivity (Wildman–Crippen MR) is 135 cm³/mol. The van der Waals surface area contributed by atoms with Crippen LogP contribution in [0.3, 0.4) is 0 Å². The van der Waals surface area contributed by atoms with Gasteiger partial charge in [0, 0.05) is 29.9 Å². The lowest BCUT2D eigenvalue weighted by Gasteiger charge is -2.18. The molecule has 0 aliphatic carbocycles. The quantitative estimate of drug-likeness (QED) is 0.428. The first-order valence-corrected chi connectivity index (χ1v) is 10.8. The maximum absolute atomic E-state index is 12.6. The highest BCUT2D eigenvalue weighted by atomic mass is 35.5. The molecule has 3 aromatic carbocycles. The van der Waals surface area contributed by atoms with Crippen molar-refractivity contribution in [3.8, 4) is 11.5 Å². The predicted octanol–water partition coefficient (Wildman–Crippen LogP) is 5.22. The van der Waals surface area contributed by atoms with Gasteiger partial charge in [0.25, 0.3) is 11.8 Å². The van der Waals surface area contributed by atoms with Gasteiger partial charge < -0.3 is 20.3 Å². The van der Waals surface area contributed by atoms with Gasteiger partial charge in [0.15, 0.2) is 0 Å². The van der Waals surface area contributed by atoms with Gasteiger partial charge in [-0.15, -0.1) is 12.4 Å². The molecule has 0 bridgehead atoms. The molecule has 2 N–H and O–H groups in total. The molecular weight excluding hydrogens is 438 g/mol. The molecule has 0 fully saturated rings. The highest BCUT2D eigenvalue weighted by Crippen LogP contribution is 2.22. The summed E-state index contributed by atoms with van der Waals surface area (Å²) in [6.07, 6.45) is 0. The number of rotatable bonds is 10. The summed E-state index contributed by atoms with van der Waals surface area (Å²) in [6.45, 7) is 7.54. The van der Waals surface area contributed by atoms with Crippen LogP contribution < -0.4 is 15.4 Å². The third kappa shape index (κ3) is 7.93. The summed E-state index contributed by atoms with van der Waals surface area (Å²) in [7, 11) is 0. The van der Waals surface area contributed by atoms with Crippen LogP contribution in [0.15, 0.2) is 78.9 Å². The van der Waals surface area contributed by atoms with Crippen LogP contribution in [0.1, 0.15) is 34.6 Å². The molecule has 174 valence electrons. The number of para-hydroxylation sites is 1. The third-order valence-corrected chi connectivity index (χ3v) is 5.09. The fourth-order valence-corrected chi connectivity index (χ4v) is 3.20. The zero-order chi connectivity index (χ0) is 22.8. The van der Waals surface area contributed by atoms with Crippen LogP contribution in [-0.2, 0) is 0 Å². The lowest BCUT2D eigenvalue weighted by atomic mass is 10.1. The zero-order valence-corrected chi connectivity index (χ0v) is 19.7. The van der Waals surface area contributed by atoms with E-state index >= 15 is 0 Å². The van der Waals surface area contributed by atoms with Crippen LogP contribution in [0.2, 0.25) is 0 Å². The van der Waals surface area contributed by atoms with E-state index in [2.05, 4.69) is 29.4 Å². The van der Waals surface area contributed by atoms with Crippen LogP contribution in [0.5, 0.6) is 11.5 Å². The summed E-state index contributed by atoms with van der Waals surface area (Å²) in [5, 5.41) is 5.78. The second-order valence-corrected chi connectivity index (χ2v) is 7.26. The van der Waals surface area contributed by atoms with Crippen molar-refractivity contribution in [3.63, 3.8) is 0 Å². The summed E-state index contributed by atoms with van der Waals surface area (Å²) in [6, 6.07) is 23.3. The molecule has 0 saturated carbocycles. The Kier molecular flexibility index (Phi) is 10.4. The average molecular weight is 468 g/mol. The lowest BCUT2D eigenvalue weighted by Crippen LogP contribution is -2.34. The average Bonchev–Trinajstić information content (AvgIpc) is 2.83. The number of benzene rings is 3. The first-order chi connectivity index (χ1) is 15.6. The molecule has 0 radical (unpaired) electrons. The van der Waals surface area contributed by atoms with E-state index in [1.165, 1.54) is 0 Å².